The molecule has 2 N–H and O–H groups in total. The second-order valence-corrected chi connectivity index (χ2v) is 5.63. The summed E-state index contributed by atoms with van der Waals surface area (Å²) in [5.74, 6) is 0.758. The van der Waals surface area contributed by atoms with Gasteiger partial charge < -0.3 is 22.0 Å². The van der Waals surface area contributed by atoms with E-state index in [4.69, 9.17) is 10.00 Å². The highest BCUT2D eigenvalue weighted by molar-refractivity contribution is 5.85. The molecule has 1 aromatic rings. The predicted molar refractivity (Wildman–Crippen MR) is 86.9 cm³/mol. The molecule has 0 amide bonds. The monoisotopic (exact) mass is 336 g/mol. The Hall–Kier alpha value is -1.61. The number of rotatable bonds is 6. The van der Waals surface area contributed by atoms with E-state index < -0.39 is 0 Å². The summed E-state index contributed by atoms with van der Waals surface area (Å²) in [6.07, 6.45) is 3.72. The number of nitrogens with one attached hydrogen (secondary N) is 2. The molecular formula is C17H25ClN4O. The normalized spacial score (nSPS) is 15.6. The van der Waals surface area contributed by atoms with Crippen molar-refractivity contribution in [3.63, 3.8) is 0 Å². The van der Waals surface area contributed by atoms with Gasteiger partial charge in [0.25, 0.3) is 0 Å². The van der Waals surface area contributed by atoms with Gasteiger partial charge in [-0.05, 0) is 18.1 Å². The lowest BCUT2D eigenvalue weighted by Crippen LogP contribution is -3.14. The van der Waals surface area contributed by atoms with E-state index in [9.17, 15) is 0 Å². The van der Waals surface area contributed by atoms with Crippen LogP contribution in [-0.4, -0.2) is 45.2 Å². The Balaban J connectivity index is 0.00000264. The minimum Gasteiger partial charge on any atom is -1.00 e. The lowest BCUT2D eigenvalue weighted by molar-refractivity contribution is -0.908. The van der Waals surface area contributed by atoms with Crippen molar-refractivity contribution in [3.05, 3.63) is 35.4 Å². The first-order chi connectivity index (χ1) is 10.8. The van der Waals surface area contributed by atoms with E-state index in [0.717, 1.165) is 51.6 Å². The average molecular weight is 337 g/mol. The molecular weight excluding hydrogens is 312 g/mol. The van der Waals surface area contributed by atoms with Crippen LogP contribution in [0.4, 0.5) is 0 Å². The van der Waals surface area contributed by atoms with Crippen LogP contribution < -0.4 is 22.6 Å². The van der Waals surface area contributed by atoms with Gasteiger partial charge >= 0.3 is 0 Å². The van der Waals surface area contributed by atoms with E-state index in [2.05, 4.69) is 29.4 Å². The highest BCUT2D eigenvalue weighted by atomic mass is 35.5. The van der Waals surface area contributed by atoms with Gasteiger partial charge in [0.2, 0.25) is 0 Å². The fourth-order valence-corrected chi connectivity index (χ4v) is 2.65. The maximum absolute atomic E-state index is 8.88. The zero-order valence-corrected chi connectivity index (χ0v) is 14.4. The summed E-state index contributed by atoms with van der Waals surface area (Å²) >= 11 is 0. The molecule has 0 atom stereocenters. The number of hydrogen-bond acceptors (Lipinski definition) is 3. The first kappa shape index (κ1) is 19.4. The largest absolute Gasteiger partial charge is 1.00 e. The number of nitriles is 1. The Morgan fingerprint density at radius 3 is 2.78 bits per heavy atom. The number of morpholine rings is 1. The van der Waals surface area contributed by atoms with Gasteiger partial charge in [-0.2, -0.15) is 5.26 Å². The number of quaternary nitrogens is 1. The molecule has 1 saturated heterocycles. The molecule has 23 heavy (non-hydrogen) atoms. The summed E-state index contributed by atoms with van der Waals surface area (Å²) in [4.78, 5) is 6.17. The molecule has 1 aliphatic rings. The molecule has 0 saturated carbocycles. The second kappa shape index (κ2) is 11.0. The van der Waals surface area contributed by atoms with Crippen LogP contribution in [0.3, 0.4) is 0 Å². The van der Waals surface area contributed by atoms with E-state index in [-0.39, 0.29) is 12.4 Å². The Bertz CT molecular complexity index is 536. The van der Waals surface area contributed by atoms with E-state index in [1.807, 2.05) is 18.3 Å². The molecule has 1 aliphatic heterocycles. The van der Waals surface area contributed by atoms with Gasteiger partial charge in [0.15, 0.2) is 6.19 Å². The number of aryl methyl sites for hydroxylation is 1. The van der Waals surface area contributed by atoms with Crippen LogP contribution in [0, 0.1) is 18.4 Å². The van der Waals surface area contributed by atoms with Crippen molar-refractivity contribution in [3.8, 4) is 6.19 Å². The van der Waals surface area contributed by atoms with Crippen molar-refractivity contribution in [2.24, 2.45) is 4.99 Å². The third-order valence-electron chi connectivity index (χ3n) is 4.01. The Morgan fingerprint density at radius 1 is 1.35 bits per heavy atom. The molecule has 0 spiro atoms. The van der Waals surface area contributed by atoms with Crippen molar-refractivity contribution < 1.29 is 22.0 Å². The Labute approximate surface area is 144 Å². The molecule has 1 fully saturated rings. The van der Waals surface area contributed by atoms with Gasteiger partial charge in [0.05, 0.1) is 19.8 Å². The number of amidine groups is 1. The van der Waals surface area contributed by atoms with Gasteiger partial charge in [-0.25, -0.2) is 0 Å². The lowest BCUT2D eigenvalue weighted by atomic mass is 10.1. The second-order valence-electron chi connectivity index (χ2n) is 5.63. The molecule has 0 radical (unpaired) electrons. The fourth-order valence-electron chi connectivity index (χ4n) is 2.65. The first-order valence-corrected chi connectivity index (χ1v) is 7.94. The van der Waals surface area contributed by atoms with Crippen LogP contribution in [0.5, 0.6) is 0 Å². The first-order valence-electron chi connectivity index (χ1n) is 7.94. The van der Waals surface area contributed by atoms with Crippen LogP contribution >= 0.6 is 0 Å². The van der Waals surface area contributed by atoms with Gasteiger partial charge in [-0.15, -0.1) is 0 Å². The summed E-state index contributed by atoms with van der Waals surface area (Å²) in [5, 5.41) is 11.6. The van der Waals surface area contributed by atoms with Crippen molar-refractivity contribution in [2.45, 2.75) is 19.8 Å². The Morgan fingerprint density at radius 2 is 2.09 bits per heavy atom. The number of halogens is 1. The van der Waals surface area contributed by atoms with Crippen LogP contribution in [0.2, 0.25) is 0 Å². The molecule has 2 rings (SSSR count). The van der Waals surface area contributed by atoms with Crippen molar-refractivity contribution in [1.29, 1.82) is 5.26 Å². The maximum Gasteiger partial charge on any atom is 0.182 e. The van der Waals surface area contributed by atoms with Crippen LogP contribution in [-0.2, 0) is 11.2 Å². The number of nitrogens with zero attached hydrogens (tertiary/aromatic N) is 2. The predicted octanol–water partition coefficient (Wildman–Crippen LogP) is -2.68. The average Bonchev–Trinajstić information content (AvgIpc) is 2.55. The van der Waals surface area contributed by atoms with Gasteiger partial charge in [0, 0.05) is 19.4 Å². The fraction of sp³-hybridized carbons (Fsp3) is 0.529. The molecule has 1 aromatic carbocycles. The van der Waals surface area contributed by atoms with Crippen LogP contribution in [0.1, 0.15) is 17.5 Å². The van der Waals surface area contributed by atoms with Gasteiger partial charge in [-0.3, -0.25) is 10.3 Å². The third-order valence-corrected chi connectivity index (χ3v) is 4.01. The number of benzene rings is 1. The quantitative estimate of drug-likeness (QED) is 0.196. The molecule has 0 bridgehead atoms. The third kappa shape index (κ3) is 7.00. The molecule has 126 valence electrons. The number of ether oxygens (including phenoxy) is 1. The van der Waals surface area contributed by atoms with Crippen LogP contribution in [0.15, 0.2) is 29.3 Å². The number of aliphatic imine (C=N–C) groups is 1. The smallest absolute Gasteiger partial charge is 0.182 e. The van der Waals surface area contributed by atoms with Crippen molar-refractivity contribution >= 4 is 5.84 Å². The van der Waals surface area contributed by atoms with Crippen LogP contribution in [0.25, 0.3) is 0 Å². The summed E-state index contributed by atoms with van der Waals surface area (Å²) in [5.41, 5.74) is 2.44. The zero-order valence-electron chi connectivity index (χ0n) is 13.6. The van der Waals surface area contributed by atoms with Crippen molar-refractivity contribution in [1.82, 2.24) is 5.32 Å². The molecule has 1 heterocycles. The standard InChI is InChI=1S/C17H24N4O.ClH/c1-15-5-2-3-6-16(15)13-17(20-14-18)19-7-4-8-21-9-11-22-12-10-21;/h2-3,5-6H,4,7-13H2,1H3,(H,19,20);1H. The Kier molecular flexibility index (Phi) is 9.30. The SMILES string of the molecule is Cc1ccccc1CC(=NCCC[NH+]1CCOCC1)NC#N.[Cl-]. The lowest BCUT2D eigenvalue weighted by Gasteiger charge is -2.23. The zero-order chi connectivity index (χ0) is 15.6. The number of hydrogen-bond donors (Lipinski definition) is 2. The summed E-state index contributed by atoms with van der Waals surface area (Å²) < 4.78 is 5.36. The minimum absolute atomic E-state index is 0. The molecule has 0 aliphatic carbocycles. The molecule has 5 nitrogen and oxygen atoms in total. The maximum atomic E-state index is 8.88. The summed E-state index contributed by atoms with van der Waals surface area (Å²) in [6, 6.07) is 8.22. The summed E-state index contributed by atoms with van der Waals surface area (Å²) in [6.45, 7) is 7.89. The van der Waals surface area contributed by atoms with E-state index in [0.29, 0.717) is 6.42 Å². The highest BCUT2D eigenvalue weighted by Crippen LogP contribution is 2.08. The van der Waals surface area contributed by atoms with E-state index in [1.165, 1.54) is 11.1 Å². The van der Waals surface area contributed by atoms with Gasteiger partial charge in [-0.1, -0.05) is 24.3 Å². The topological polar surface area (TPSA) is 61.9 Å². The van der Waals surface area contributed by atoms with Gasteiger partial charge in [0.1, 0.15) is 18.9 Å². The van der Waals surface area contributed by atoms with Crippen molar-refractivity contribution in [2.75, 3.05) is 39.4 Å². The van der Waals surface area contributed by atoms with E-state index in [1.54, 1.807) is 4.90 Å². The highest BCUT2D eigenvalue weighted by Gasteiger charge is 2.12. The molecule has 0 aromatic heterocycles. The summed E-state index contributed by atoms with van der Waals surface area (Å²) in [7, 11) is 0. The molecule has 0 unspecified atom stereocenters. The van der Waals surface area contributed by atoms with E-state index >= 15 is 0 Å². The minimum atomic E-state index is 0. The molecule has 6 heteroatoms.